The Morgan fingerprint density at radius 2 is 2.30 bits per heavy atom. The lowest BCUT2D eigenvalue weighted by atomic mass is 10.1. The molecule has 108 valence electrons. The molecule has 0 aliphatic heterocycles. The Labute approximate surface area is 123 Å². The van der Waals surface area contributed by atoms with Gasteiger partial charge >= 0.3 is 0 Å². The van der Waals surface area contributed by atoms with Gasteiger partial charge in [-0.1, -0.05) is 11.6 Å². The van der Waals surface area contributed by atoms with Crippen LogP contribution in [0, 0.1) is 0 Å². The van der Waals surface area contributed by atoms with Crippen LogP contribution < -0.4 is 5.73 Å². The van der Waals surface area contributed by atoms with Crippen LogP contribution in [0.1, 0.15) is 43.6 Å². The first kappa shape index (κ1) is 13.9. The van der Waals surface area contributed by atoms with Crippen molar-refractivity contribution in [3.05, 3.63) is 29.0 Å². The average molecular weight is 294 g/mol. The van der Waals surface area contributed by atoms with E-state index in [1.165, 1.54) is 12.8 Å². The third-order valence-corrected chi connectivity index (χ3v) is 4.02. The van der Waals surface area contributed by atoms with Gasteiger partial charge in [-0.3, -0.25) is 0 Å². The highest BCUT2D eigenvalue weighted by atomic mass is 35.5. The summed E-state index contributed by atoms with van der Waals surface area (Å²) in [6.07, 6.45) is 4.27. The Balaban J connectivity index is 1.94. The molecule has 1 heterocycles. The molecule has 0 amide bonds. The van der Waals surface area contributed by atoms with Crippen molar-refractivity contribution in [3.63, 3.8) is 0 Å². The minimum absolute atomic E-state index is 0.0445. The molecule has 1 aliphatic rings. The second-order valence-electron chi connectivity index (χ2n) is 5.45. The maximum Gasteiger partial charge on any atom is 0.127 e. The second-order valence-corrected chi connectivity index (χ2v) is 5.88. The fraction of sp³-hybridized carbons (Fsp3) is 0.533. The summed E-state index contributed by atoms with van der Waals surface area (Å²) in [5, 5.41) is 0.720. The van der Waals surface area contributed by atoms with Crippen molar-refractivity contribution in [1.29, 1.82) is 0 Å². The van der Waals surface area contributed by atoms with Crippen molar-refractivity contribution in [1.82, 2.24) is 9.55 Å². The van der Waals surface area contributed by atoms with Gasteiger partial charge in [-0.15, -0.1) is 0 Å². The van der Waals surface area contributed by atoms with E-state index in [2.05, 4.69) is 4.57 Å². The normalized spacial score (nSPS) is 16.8. The van der Waals surface area contributed by atoms with E-state index in [0.717, 1.165) is 41.3 Å². The quantitative estimate of drug-likeness (QED) is 0.830. The van der Waals surface area contributed by atoms with Gasteiger partial charge in [0.15, 0.2) is 0 Å². The summed E-state index contributed by atoms with van der Waals surface area (Å²) >= 11 is 6.06. The van der Waals surface area contributed by atoms with Crippen LogP contribution in [0.4, 0.5) is 0 Å². The third-order valence-electron chi connectivity index (χ3n) is 3.79. The molecular weight excluding hydrogens is 274 g/mol. The number of hydrogen-bond donors (Lipinski definition) is 1. The fourth-order valence-electron chi connectivity index (χ4n) is 2.65. The predicted octanol–water partition coefficient (Wildman–Crippen LogP) is 3.45. The van der Waals surface area contributed by atoms with Gasteiger partial charge in [-0.2, -0.15) is 0 Å². The summed E-state index contributed by atoms with van der Waals surface area (Å²) in [5.41, 5.74) is 8.43. The third kappa shape index (κ3) is 2.68. The standard InChI is InChI=1S/C15H20ClN3O/c1-20-8-2-3-12(17)15-18-13-9-10(16)4-7-14(13)19(15)11-5-6-11/h4,7,9,11-12H,2-3,5-6,8,17H2,1H3. The van der Waals surface area contributed by atoms with E-state index in [1.54, 1.807) is 7.11 Å². The van der Waals surface area contributed by atoms with Crippen molar-refractivity contribution in [2.24, 2.45) is 5.73 Å². The summed E-state index contributed by atoms with van der Waals surface area (Å²) < 4.78 is 7.40. The van der Waals surface area contributed by atoms with Gasteiger partial charge in [-0.05, 0) is 43.9 Å². The van der Waals surface area contributed by atoms with Crippen LogP contribution >= 0.6 is 11.6 Å². The molecule has 20 heavy (non-hydrogen) atoms. The minimum Gasteiger partial charge on any atom is -0.385 e. The molecule has 1 aromatic heterocycles. The molecule has 4 nitrogen and oxygen atoms in total. The first-order chi connectivity index (χ1) is 9.70. The molecule has 0 bridgehead atoms. The van der Waals surface area contributed by atoms with Crippen molar-refractivity contribution < 1.29 is 4.74 Å². The summed E-state index contributed by atoms with van der Waals surface area (Å²) in [5.74, 6) is 0.987. The Hall–Kier alpha value is -1.10. The Bertz CT molecular complexity index is 606. The van der Waals surface area contributed by atoms with E-state index < -0.39 is 0 Å². The van der Waals surface area contributed by atoms with Gasteiger partial charge in [0, 0.05) is 24.8 Å². The van der Waals surface area contributed by atoms with Gasteiger partial charge in [-0.25, -0.2) is 4.98 Å². The molecule has 1 unspecified atom stereocenters. The summed E-state index contributed by atoms with van der Waals surface area (Å²) in [6.45, 7) is 0.739. The average Bonchev–Trinajstić information content (AvgIpc) is 3.19. The highest BCUT2D eigenvalue weighted by Gasteiger charge is 2.29. The molecule has 1 atom stereocenters. The number of hydrogen-bond acceptors (Lipinski definition) is 3. The van der Waals surface area contributed by atoms with E-state index in [-0.39, 0.29) is 6.04 Å². The molecule has 2 N–H and O–H groups in total. The maximum atomic E-state index is 6.33. The van der Waals surface area contributed by atoms with Crippen LogP contribution in [-0.2, 0) is 4.74 Å². The molecule has 0 saturated heterocycles. The predicted molar refractivity (Wildman–Crippen MR) is 81.1 cm³/mol. The zero-order valence-corrected chi connectivity index (χ0v) is 12.4. The topological polar surface area (TPSA) is 53.1 Å². The van der Waals surface area contributed by atoms with Crippen LogP contribution in [0.15, 0.2) is 18.2 Å². The number of nitrogens with two attached hydrogens (primary N) is 1. The molecule has 1 saturated carbocycles. The first-order valence-corrected chi connectivity index (χ1v) is 7.50. The summed E-state index contributed by atoms with van der Waals surface area (Å²) in [4.78, 5) is 4.73. The molecular formula is C15H20ClN3O. The zero-order chi connectivity index (χ0) is 14.1. The lowest BCUT2D eigenvalue weighted by Gasteiger charge is -2.14. The number of methoxy groups -OCH3 is 1. The smallest absolute Gasteiger partial charge is 0.127 e. The van der Waals surface area contributed by atoms with Crippen molar-refractivity contribution in [2.75, 3.05) is 13.7 Å². The van der Waals surface area contributed by atoms with E-state index in [1.807, 2.05) is 18.2 Å². The number of nitrogens with zero attached hydrogens (tertiary/aromatic N) is 2. The van der Waals surface area contributed by atoms with Gasteiger partial charge in [0.1, 0.15) is 5.82 Å². The number of rotatable bonds is 6. The van der Waals surface area contributed by atoms with Crippen LogP contribution in [0.5, 0.6) is 0 Å². The van der Waals surface area contributed by atoms with Gasteiger partial charge in [0.05, 0.1) is 17.1 Å². The zero-order valence-electron chi connectivity index (χ0n) is 11.7. The van der Waals surface area contributed by atoms with Gasteiger partial charge in [0.25, 0.3) is 0 Å². The van der Waals surface area contributed by atoms with Gasteiger partial charge < -0.3 is 15.0 Å². The molecule has 0 spiro atoms. The van der Waals surface area contributed by atoms with Crippen LogP contribution in [-0.4, -0.2) is 23.3 Å². The molecule has 5 heteroatoms. The molecule has 0 radical (unpaired) electrons. The summed E-state index contributed by atoms with van der Waals surface area (Å²) in [6, 6.07) is 6.40. The maximum absolute atomic E-state index is 6.33. The monoisotopic (exact) mass is 293 g/mol. The number of imidazole rings is 1. The first-order valence-electron chi connectivity index (χ1n) is 7.12. The van der Waals surface area contributed by atoms with E-state index >= 15 is 0 Å². The lowest BCUT2D eigenvalue weighted by Crippen LogP contribution is -2.17. The highest BCUT2D eigenvalue weighted by Crippen LogP contribution is 2.40. The number of fused-ring (bicyclic) bond motifs is 1. The molecule has 2 aromatic rings. The molecule has 1 aliphatic carbocycles. The second kappa shape index (κ2) is 5.72. The lowest BCUT2D eigenvalue weighted by molar-refractivity contribution is 0.190. The van der Waals surface area contributed by atoms with Crippen molar-refractivity contribution in [2.45, 2.75) is 37.8 Å². The SMILES string of the molecule is COCCCC(N)c1nc2cc(Cl)ccc2n1C1CC1. The van der Waals surface area contributed by atoms with Crippen molar-refractivity contribution in [3.8, 4) is 0 Å². The highest BCUT2D eigenvalue weighted by molar-refractivity contribution is 6.31. The Kier molecular flexibility index (Phi) is 3.96. The van der Waals surface area contributed by atoms with E-state index in [0.29, 0.717) is 6.04 Å². The number of aromatic nitrogens is 2. The van der Waals surface area contributed by atoms with Crippen LogP contribution in [0.2, 0.25) is 5.02 Å². The molecule has 1 fully saturated rings. The molecule has 1 aromatic carbocycles. The summed E-state index contributed by atoms with van der Waals surface area (Å²) in [7, 11) is 1.72. The van der Waals surface area contributed by atoms with E-state index in [4.69, 9.17) is 27.1 Å². The largest absolute Gasteiger partial charge is 0.385 e. The minimum atomic E-state index is -0.0445. The van der Waals surface area contributed by atoms with Crippen molar-refractivity contribution >= 4 is 22.6 Å². The van der Waals surface area contributed by atoms with Crippen LogP contribution in [0.3, 0.4) is 0 Å². The molecule has 3 rings (SSSR count). The van der Waals surface area contributed by atoms with Gasteiger partial charge in [0.2, 0.25) is 0 Å². The Morgan fingerprint density at radius 3 is 3.00 bits per heavy atom. The van der Waals surface area contributed by atoms with E-state index in [9.17, 15) is 0 Å². The number of halogens is 1. The van der Waals surface area contributed by atoms with Crippen LogP contribution in [0.25, 0.3) is 11.0 Å². The fourth-order valence-corrected chi connectivity index (χ4v) is 2.81. The Morgan fingerprint density at radius 1 is 1.50 bits per heavy atom. The number of benzene rings is 1. The number of ether oxygens (including phenoxy) is 1.